The maximum atomic E-state index is 6.55. The first-order valence-corrected chi connectivity index (χ1v) is 12.5. The van der Waals surface area contributed by atoms with E-state index < -0.39 is 0 Å². The molecule has 1 saturated carbocycles. The van der Waals surface area contributed by atoms with Crippen LogP contribution in [-0.4, -0.2) is 23.2 Å². The number of piperidine rings is 1. The number of benzene rings is 1. The summed E-state index contributed by atoms with van der Waals surface area (Å²) in [5.41, 5.74) is 6.66. The van der Waals surface area contributed by atoms with Crippen molar-refractivity contribution < 1.29 is 4.52 Å². The third-order valence-electron chi connectivity index (χ3n) is 7.63. The number of halogens is 2. The first-order chi connectivity index (χ1) is 15.9. The minimum absolute atomic E-state index is 0.255. The lowest BCUT2D eigenvalue weighted by molar-refractivity contribution is 0.277. The summed E-state index contributed by atoms with van der Waals surface area (Å²) in [4.78, 5) is 7.23. The third-order valence-corrected chi connectivity index (χ3v) is 8.26. The van der Waals surface area contributed by atoms with Crippen molar-refractivity contribution in [2.24, 2.45) is 5.41 Å². The molecular weight excluding hydrogens is 453 g/mol. The molecule has 2 fully saturated rings. The van der Waals surface area contributed by atoms with E-state index in [1.54, 1.807) is 0 Å². The average Bonchev–Trinajstić information content (AvgIpc) is 3.54. The molecule has 3 aliphatic rings. The van der Waals surface area contributed by atoms with Gasteiger partial charge in [-0.1, -0.05) is 46.6 Å². The summed E-state index contributed by atoms with van der Waals surface area (Å²) in [5, 5.41) is 5.70. The van der Waals surface area contributed by atoms with Gasteiger partial charge in [0.2, 0.25) is 0 Å². The van der Waals surface area contributed by atoms with Crippen molar-refractivity contribution in [3.05, 3.63) is 69.0 Å². The van der Waals surface area contributed by atoms with Gasteiger partial charge in [-0.05, 0) is 80.7 Å². The Hall–Kier alpha value is -2.30. The topological polar surface area (TPSA) is 42.2 Å². The second-order valence-corrected chi connectivity index (χ2v) is 10.7. The van der Waals surface area contributed by atoms with E-state index in [4.69, 9.17) is 32.7 Å². The summed E-state index contributed by atoms with van der Waals surface area (Å²) in [6.45, 7) is 6.26. The van der Waals surface area contributed by atoms with E-state index in [1.807, 2.05) is 18.2 Å². The smallest absolute Gasteiger partial charge is 0.147 e. The Bertz CT molecular complexity index is 1250. The zero-order valence-corrected chi connectivity index (χ0v) is 20.5. The monoisotopic (exact) mass is 479 g/mol. The molecule has 2 aromatic heterocycles. The predicted octanol–water partition coefficient (Wildman–Crippen LogP) is 7.61. The first-order valence-electron chi connectivity index (χ1n) is 11.8. The second kappa shape index (κ2) is 7.89. The Morgan fingerprint density at radius 3 is 2.33 bits per heavy atom. The molecule has 0 N–H and O–H groups in total. The molecule has 1 saturated heterocycles. The second-order valence-electron chi connectivity index (χ2n) is 9.91. The molecule has 0 radical (unpaired) electrons. The van der Waals surface area contributed by atoms with Crippen LogP contribution >= 0.6 is 23.2 Å². The first kappa shape index (κ1) is 21.2. The molecule has 0 bridgehead atoms. The van der Waals surface area contributed by atoms with Gasteiger partial charge < -0.3 is 9.42 Å². The van der Waals surface area contributed by atoms with E-state index in [0.717, 1.165) is 79.3 Å². The van der Waals surface area contributed by atoms with Crippen LogP contribution in [0, 0.1) is 19.3 Å². The molecule has 0 atom stereocenters. The summed E-state index contributed by atoms with van der Waals surface area (Å²) >= 11 is 13.1. The number of rotatable bonds is 4. The summed E-state index contributed by atoms with van der Waals surface area (Å²) in [7, 11) is 0. The molecule has 1 spiro atoms. The van der Waals surface area contributed by atoms with Gasteiger partial charge in [-0.2, -0.15) is 0 Å². The fourth-order valence-corrected chi connectivity index (χ4v) is 5.88. The number of anilines is 1. The molecule has 0 amide bonds. The highest BCUT2D eigenvalue weighted by Gasteiger charge is 2.44. The quantitative estimate of drug-likeness (QED) is 0.385. The maximum absolute atomic E-state index is 6.55. The normalized spacial score (nSPS) is 19.5. The average molecular weight is 480 g/mol. The fourth-order valence-electron chi connectivity index (χ4n) is 5.31. The van der Waals surface area contributed by atoms with Crippen LogP contribution in [0.5, 0.6) is 0 Å². The van der Waals surface area contributed by atoms with Gasteiger partial charge in [0.05, 0.1) is 10.0 Å². The number of hydrogen-bond donors (Lipinski definition) is 0. The molecule has 6 rings (SSSR count). The van der Waals surface area contributed by atoms with E-state index >= 15 is 0 Å². The molecule has 33 heavy (non-hydrogen) atoms. The van der Waals surface area contributed by atoms with Gasteiger partial charge in [0.25, 0.3) is 0 Å². The van der Waals surface area contributed by atoms with Gasteiger partial charge in [-0.3, -0.25) is 0 Å². The van der Waals surface area contributed by atoms with Crippen molar-refractivity contribution in [1.82, 2.24) is 10.1 Å². The summed E-state index contributed by atoms with van der Waals surface area (Å²) < 4.78 is 5.89. The lowest BCUT2D eigenvalue weighted by Crippen LogP contribution is -2.42. The minimum Gasteiger partial charge on any atom is -0.360 e. The Morgan fingerprint density at radius 1 is 1.00 bits per heavy atom. The summed E-state index contributed by atoms with van der Waals surface area (Å²) in [6.07, 6.45) is 8.12. The number of aryl methyl sites for hydroxylation is 2. The molecule has 2 aliphatic carbocycles. The Kier molecular flexibility index (Phi) is 5.08. The predicted molar refractivity (Wildman–Crippen MR) is 134 cm³/mol. The Morgan fingerprint density at radius 2 is 1.70 bits per heavy atom. The zero-order chi connectivity index (χ0) is 22.7. The number of nitrogens with zero attached hydrogens (tertiary/aromatic N) is 3. The molecule has 1 aliphatic heterocycles. The van der Waals surface area contributed by atoms with Gasteiger partial charge in [-0.15, -0.1) is 0 Å². The Balaban J connectivity index is 1.28. The van der Waals surface area contributed by atoms with Crippen molar-refractivity contribution in [3.63, 3.8) is 0 Å². The number of allylic oxidation sites excluding steroid dienone is 2. The van der Waals surface area contributed by atoms with E-state index in [9.17, 15) is 0 Å². The van der Waals surface area contributed by atoms with E-state index in [1.165, 1.54) is 11.1 Å². The molecule has 4 nitrogen and oxygen atoms in total. The van der Waals surface area contributed by atoms with Gasteiger partial charge in [0, 0.05) is 35.8 Å². The van der Waals surface area contributed by atoms with E-state index in [-0.39, 0.29) is 5.41 Å². The molecule has 170 valence electrons. The van der Waals surface area contributed by atoms with Crippen molar-refractivity contribution in [2.45, 2.75) is 51.9 Å². The molecule has 3 aromatic rings. The summed E-state index contributed by atoms with van der Waals surface area (Å²) in [5.74, 6) is 2.58. The number of aromatic nitrogens is 2. The highest BCUT2D eigenvalue weighted by atomic mass is 35.5. The van der Waals surface area contributed by atoms with Crippen LogP contribution in [0.4, 0.5) is 5.82 Å². The lowest BCUT2D eigenvalue weighted by atomic mass is 9.63. The van der Waals surface area contributed by atoms with Crippen molar-refractivity contribution in [3.8, 4) is 11.3 Å². The van der Waals surface area contributed by atoms with Gasteiger partial charge in [0.1, 0.15) is 17.3 Å². The highest BCUT2D eigenvalue weighted by molar-refractivity contribution is 6.39. The Labute approximate surface area is 204 Å². The molecule has 6 heteroatoms. The maximum Gasteiger partial charge on any atom is 0.147 e. The highest BCUT2D eigenvalue weighted by Crippen LogP contribution is 2.56. The van der Waals surface area contributed by atoms with Gasteiger partial charge in [-0.25, -0.2) is 4.98 Å². The van der Waals surface area contributed by atoms with Crippen LogP contribution in [0.3, 0.4) is 0 Å². The standard InChI is InChI=1S/C27H27Cl2N3O/c1-16-6-9-22(30-17(16)2)32-12-10-27(11-13-32)14-19(15-27)23-25(31-33-26(23)18-7-8-18)24-20(28)4-3-5-21(24)29/h3-6,9,14,18H,7-8,10-13,15H2,1-2H3. The van der Waals surface area contributed by atoms with Crippen LogP contribution in [0.2, 0.25) is 10.0 Å². The van der Waals surface area contributed by atoms with Crippen LogP contribution in [0.1, 0.15) is 60.6 Å². The zero-order valence-electron chi connectivity index (χ0n) is 19.0. The van der Waals surface area contributed by atoms with Crippen LogP contribution in [0.25, 0.3) is 16.8 Å². The molecular formula is C27H27Cl2N3O. The van der Waals surface area contributed by atoms with Crippen LogP contribution in [0.15, 0.2) is 40.9 Å². The van der Waals surface area contributed by atoms with Gasteiger partial charge in [0.15, 0.2) is 0 Å². The van der Waals surface area contributed by atoms with Crippen molar-refractivity contribution in [1.29, 1.82) is 0 Å². The molecule has 0 unspecified atom stereocenters. The van der Waals surface area contributed by atoms with Gasteiger partial charge >= 0.3 is 0 Å². The van der Waals surface area contributed by atoms with E-state index in [2.05, 4.69) is 42.1 Å². The molecule has 1 aromatic carbocycles. The summed E-state index contributed by atoms with van der Waals surface area (Å²) in [6, 6.07) is 9.93. The van der Waals surface area contributed by atoms with Crippen molar-refractivity contribution >= 4 is 34.6 Å². The van der Waals surface area contributed by atoms with Crippen LogP contribution in [-0.2, 0) is 0 Å². The van der Waals surface area contributed by atoms with Crippen LogP contribution < -0.4 is 4.90 Å². The number of hydrogen-bond acceptors (Lipinski definition) is 4. The third kappa shape index (κ3) is 3.68. The largest absolute Gasteiger partial charge is 0.360 e. The van der Waals surface area contributed by atoms with E-state index in [0.29, 0.717) is 16.0 Å². The number of pyridine rings is 1. The lowest BCUT2D eigenvalue weighted by Gasteiger charge is -2.46. The minimum atomic E-state index is 0.255. The SMILES string of the molecule is Cc1ccc(N2CCC3(C=C(c4c(-c5c(Cl)cccc5Cl)noc4C4CC4)C3)CC2)nc1C. The molecule has 3 heterocycles. The fraction of sp³-hybridized carbons (Fsp3) is 0.407. The van der Waals surface area contributed by atoms with Crippen molar-refractivity contribution in [2.75, 3.05) is 18.0 Å².